The normalized spacial score (nSPS) is 13.1. The molecule has 25 heavy (non-hydrogen) atoms. The molecule has 1 aliphatic rings. The number of hydrogen-bond acceptors (Lipinski definition) is 3. The van der Waals surface area contributed by atoms with Crippen molar-refractivity contribution in [2.45, 2.75) is 19.9 Å². The number of fused-ring (bicyclic) bond motifs is 1. The average Bonchev–Trinajstić information content (AvgIpc) is 2.82. The first-order valence-corrected chi connectivity index (χ1v) is 8.31. The molecule has 0 saturated heterocycles. The maximum atomic E-state index is 12.3. The molecule has 128 valence electrons. The largest absolute Gasteiger partial charge is 0.352 e. The maximum Gasteiger partial charge on any atom is 0.261 e. The highest BCUT2D eigenvalue weighted by molar-refractivity contribution is 6.32. The third-order valence-electron chi connectivity index (χ3n) is 4.07. The number of amides is 3. The van der Waals surface area contributed by atoms with Gasteiger partial charge in [0.15, 0.2) is 0 Å². The molecule has 0 radical (unpaired) electrons. The number of rotatable bonds is 5. The standard InChI is InChI=1S/C19H17ClN2O3/c1-12-3-2-4-13(9-12)11-21-17(23)7-8-22-18(24)15-6-5-14(20)10-16(15)19(22)25/h2-6,9-10H,7-8,11H2,1H3,(H,21,23). The molecule has 2 aromatic carbocycles. The highest BCUT2D eigenvalue weighted by atomic mass is 35.5. The van der Waals surface area contributed by atoms with Crippen molar-refractivity contribution in [1.29, 1.82) is 0 Å². The van der Waals surface area contributed by atoms with E-state index >= 15 is 0 Å². The van der Waals surface area contributed by atoms with Gasteiger partial charge >= 0.3 is 0 Å². The molecule has 0 fully saturated rings. The Bertz CT molecular complexity index is 863. The Morgan fingerprint density at radius 3 is 2.60 bits per heavy atom. The SMILES string of the molecule is Cc1cccc(CNC(=O)CCN2C(=O)c3ccc(Cl)cc3C2=O)c1. The molecule has 3 rings (SSSR count). The van der Waals surface area contributed by atoms with Gasteiger partial charge in [0.1, 0.15) is 0 Å². The van der Waals surface area contributed by atoms with Crippen molar-refractivity contribution >= 4 is 29.3 Å². The quantitative estimate of drug-likeness (QED) is 0.837. The molecule has 0 bridgehead atoms. The van der Waals surface area contributed by atoms with Crippen LogP contribution < -0.4 is 5.32 Å². The van der Waals surface area contributed by atoms with E-state index in [2.05, 4.69) is 5.32 Å². The highest BCUT2D eigenvalue weighted by Gasteiger charge is 2.35. The molecular formula is C19H17ClN2O3. The van der Waals surface area contributed by atoms with E-state index in [-0.39, 0.29) is 30.3 Å². The molecule has 0 saturated carbocycles. The molecule has 3 amide bonds. The van der Waals surface area contributed by atoms with Crippen molar-refractivity contribution in [2.24, 2.45) is 0 Å². The predicted molar refractivity (Wildman–Crippen MR) is 94.5 cm³/mol. The van der Waals surface area contributed by atoms with E-state index in [0.717, 1.165) is 16.0 Å². The van der Waals surface area contributed by atoms with E-state index in [1.807, 2.05) is 31.2 Å². The molecule has 2 aromatic rings. The van der Waals surface area contributed by atoms with Crippen molar-refractivity contribution in [3.8, 4) is 0 Å². The van der Waals surface area contributed by atoms with Gasteiger partial charge in [-0.3, -0.25) is 19.3 Å². The fourth-order valence-electron chi connectivity index (χ4n) is 2.79. The molecule has 1 heterocycles. The zero-order valence-electron chi connectivity index (χ0n) is 13.7. The lowest BCUT2D eigenvalue weighted by molar-refractivity contribution is -0.121. The van der Waals surface area contributed by atoms with Gasteiger partial charge in [0.05, 0.1) is 11.1 Å². The molecule has 0 unspecified atom stereocenters. The number of benzene rings is 2. The maximum absolute atomic E-state index is 12.3. The Kier molecular flexibility index (Phi) is 4.86. The van der Waals surface area contributed by atoms with E-state index in [1.54, 1.807) is 6.07 Å². The van der Waals surface area contributed by atoms with E-state index in [4.69, 9.17) is 11.6 Å². The number of aryl methyl sites for hydroxylation is 1. The lowest BCUT2D eigenvalue weighted by Crippen LogP contribution is -2.34. The second kappa shape index (κ2) is 7.07. The van der Waals surface area contributed by atoms with Crippen molar-refractivity contribution in [3.05, 3.63) is 69.7 Å². The minimum Gasteiger partial charge on any atom is -0.352 e. The molecule has 0 aromatic heterocycles. The summed E-state index contributed by atoms with van der Waals surface area (Å²) in [6.45, 7) is 2.45. The van der Waals surface area contributed by atoms with Gasteiger partial charge in [-0.05, 0) is 30.7 Å². The number of nitrogens with one attached hydrogen (secondary N) is 1. The minimum absolute atomic E-state index is 0.0453. The van der Waals surface area contributed by atoms with Crippen LogP contribution in [0, 0.1) is 6.92 Å². The second-order valence-corrected chi connectivity index (χ2v) is 6.40. The summed E-state index contributed by atoms with van der Waals surface area (Å²) in [5.74, 6) is -1.01. The summed E-state index contributed by atoms with van der Waals surface area (Å²) in [4.78, 5) is 37.7. The summed E-state index contributed by atoms with van der Waals surface area (Å²) in [6.07, 6.45) is 0.0605. The first-order valence-electron chi connectivity index (χ1n) is 7.93. The van der Waals surface area contributed by atoms with Gasteiger partial charge in [-0.15, -0.1) is 0 Å². The molecule has 1 N–H and O–H groups in total. The van der Waals surface area contributed by atoms with E-state index < -0.39 is 5.91 Å². The minimum atomic E-state index is -0.408. The lowest BCUT2D eigenvalue weighted by Gasteiger charge is -2.13. The average molecular weight is 357 g/mol. The van der Waals surface area contributed by atoms with Crippen molar-refractivity contribution < 1.29 is 14.4 Å². The van der Waals surface area contributed by atoms with Crippen LogP contribution in [0.15, 0.2) is 42.5 Å². The first kappa shape index (κ1) is 17.2. The van der Waals surface area contributed by atoms with Crippen LogP contribution in [0.4, 0.5) is 0 Å². The number of carbonyl (C=O) groups is 3. The van der Waals surface area contributed by atoms with E-state index in [0.29, 0.717) is 17.1 Å². The van der Waals surface area contributed by atoms with Gasteiger partial charge < -0.3 is 5.32 Å². The molecule has 0 spiro atoms. The fraction of sp³-hybridized carbons (Fsp3) is 0.211. The number of nitrogens with zero attached hydrogens (tertiary/aromatic N) is 1. The van der Waals surface area contributed by atoms with Crippen LogP contribution in [0.1, 0.15) is 38.3 Å². The fourth-order valence-corrected chi connectivity index (χ4v) is 2.96. The third-order valence-corrected chi connectivity index (χ3v) is 4.30. The number of imide groups is 1. The Labute approximate surface area is 150 Å². The monoisotopic (exact) mass is 356 g/mol. The van der Waals surface area contributed by atoms with Crippen LogP contribution >= 0.6 is 11.6 Å². The summed E-state index contributed by atoms with van der Waals surface area (Å²) in [6, 6.07) is 12.4. The lowest BCUT2D eigenvalue weighted by atomic mass is 10.1. The summed E-state index contributed by atoms with van der Waals surface area (Å²) in [7, 11) is 0. The van der Waals surface area contributed by atoms with Gasteiger partial charge in [0, 0.05) is 24.5 Å². The van der Waals surface area contributed by atoms with Crippen LogP contribution in [-0.4, -0.2) is 29.2 Å². The molecular weight excluding hydrogens is 340 g/mol. The van der Waals surface area contributed by atoms with Gasteiger partial charge in [-0.25, -0.2) is 0 Å². The van der Waals surface area contributed by atoms with Crippen LogP contribution in [0.5, 0.6) is 0 Å². The number of halogens is 1. The van der Waals surface area contributed by atoms with Crippen molar-refractivity contribution in [3.63, 3.8) is 0 Å². The Morgan fingerprint density at radius 1 is 1.08 bits per heavy atom. The molecule has 0 aliphatic carbocycles. The zero-order chi connectivity index (χ0) is 18.0. The van der Waals surface area contributed by atoms with Crippen LogP contribution in [0.3, 0.4) is 0 Å². The van der Waals surface area contributed by atoms with Gasteiger partial charge in [0.2, 0.25) is 5.91 Å². The van der Waals surface area contributed by atoms with E-state index in [1.165, 1.54) is 12.1 Å². The van der Waals surface area contributed by atoms with Gasteiger partial charge in [-0.2, -0.15) is 0 Å². The van der Waals surface area contributed by atoms with E-state index in [9.17, 15) is 14.4 Å². The smallest absolute Gasteiger partial charge is 0.261 e. The summed E-state index contributed by atoms with van der Waals surface area (Å²) >= 11 is 5.88. The Morgan fingerprint density at radius 2 is 1.84 bits per heavy atom. The summed E-state index contributed by atoms with van der Waals surface area (Å²) in [5.41, 5.74) is 2.74. The zero-order valence-corrected chi connectivity index (χ0v) is 14.5. The number of hydrogen-bond donors (Lipinski definition) is 1. The van der Waals surface area contributed by atoms with Gasteiger partial charge in [-0.1, -0.05) is 41.4 Å². The highest BCUT2D eigenvalue weighted by Crippen LogP contribution is 2.25. The van der Waals surface area contributed by atoms with Crippen LogP contribution in [-0.2, 0) is 11.3 Å². The topological polar surface area (TPSA) is 66.5 Å². The third kappa shape index (κ3) is 3.72. The predicted octanol–water partition coefficient (Wildman–Crippen LogP) is 2.95. The summed E-state index contributed by atoms with van der Waals surface area (Å²) < 4.78 is 0. The Hall–Kier alpha value is -2.66. The van der Waals surface area contributed by atoms with Gasteiger partial charge in [0.25, 0.3) is 11.8 Å². The molecule has 1 aliphatic heterocycles. The van der Waals surface area contributed by atoms with Crippen molar-refractivity contribution in [1.82, 2.24) is 10.2 Å². The summed E-state index contributed by atoms with van der Waals surface area (Å²) in [5, 5.41) is 3.20. The molecule has 6 heteroatoms. The van der Waals surface area contributed by atoms with Crippen molar-refractivity contribution in [2.75, 3.05) is 6.54 Å². The van der Waals surface area contributed by atoms with Crippen LogP contribution in [0.25, 0.3) is 0 Å². The second-order valence-electron chi connectivity index (χ2n) is 5.97. The Balaban J connectivity index is 1.56. The molecule has 5 nitrogen and oxygen atoms in total. The first-order chi connectivity index (χ1) is 12.0. The van der Waals surface area contributed by atoms with Crippen LogP contribution in [0.2, 0.25) is 5.02 Å². The number of carbonyl (C=O) groups excluding carboxylic acids is 3. The molecule has 0 atom stereocenters.